The lowest BCUT2D eigenvalue weighted by molar-refractivity contribution is -0.119. The van der Waals surface area contributed by atoms with E-state index >= 15 is 0 Å². The molecule has 1 aliphatic rings. The predicted octanol–water partition coefficient (Wildman–Crippen LogP) is 2.87. The Balaban J connectivity index is 1.82. The van der Waals surface area contributed by atoms with Gasteiger partial charge in [-0.15, -0.1) is 0 Å². The Morgan fingerprint density at radius 1 is 1.12 bits per heavy atom. The number of hydrogen-bond donors (Lipinski definition) is 1. The molecule has 2 amide bonds. The average molecular weight is 372 g/mol. The molecule has 0 bridgehead atoms. The molecule has 136 valence electrons. The van der Waals surface area contributed by atoms with E-state index in [1.54, 1.807) is 6.92 Å². The molecule has 0 aromatic heterocycles. The zero-order valence-electron chi connectivity index (χ0n) is 14.8. The van der Waals surface area contributed by atoms with E-state index in [0.717, 1.165) is 21.1 Å². The van der Waals surface area contributed by atoms with Crippen molar-refractivity contribution in [1.29, 1.82) is 0 Å². The van der Waals surface area contributed by atoms with E-state index in [0.29, 0.717) is 5.56 Å². The summed E-state index contributed by atoms with van der Waals surface area (Å²) < 4.78 is 25.1. The highest BCUT2D eigenvalue weighted by molar-refractivity contribution is 7.94. The molecule has 0 radical (unpaired) electrons. The van der Waals surface area contributed by atoms with Crippen LogP contribution in [0.4, 0.5) is 11.4 Å². The standard InChI is InChI=1S/C19H20N2O4S/c1-12-4-5-13(2)17(10-12)20-18(22)15-6-8-16(9-7-15)21-19(23)14(3)11-26(21,24)25/h4-10,14H,11H2,1-3H3,(H,20,22). The molecule has 2 aromatic rings. The van der Waals surface area contributed by atoms with Gasteiger partial charge in [-0.3, -0.25) is 9.59 Å². The van der Waals surface area contributed by atoms with Crippen molar-refractivity contribution in [3.8, 4) is 0 Å². The zero-order chi connectivity index (χ0) is 19.1. The normalized spacial score (nSPS) is 18.8. The first-order valence-corrected chi connectivity index (χ1v) is 9.85. The van der Waals surface area contributed by atoms with Crippen molar-refractivity contribution in [2.45, 2.75) is 20.8 Å². The van der Waals surface area contributed by atoms with E-state index in [-0.39, 0.29) is 17.3 Å². The van der Waals surface area contributed by atoms with Crippen LogP contribution < -0.4 is 9.62 Å². The number of nitrogens with zero attached hydrogens (tertiary/aromatic N) is 1. The van der Waals surface area contributed by atoms with E-state index in [1.165, 1.54) is 24.3 Å². The van der Waals surface area contributed by atoms with Crippen LogP contribution in [0.3, 0.4) is 0 Å². The summed E-state index contributed by atoms with van der Waals surface area (Å²) in [6.07, 6.45) is 0. The summed E-state index contributed by atoms with van der Waals surface area (Å²) in [6, 6.07) is 11.8. The highest BCUT2D eigenvalue weighted by Gasteiger charge is 2.41. The third-order valence-corrected chi connectivity index (χ3v) is 6.23. The molecule has 26 heavy (non-hydrogen) atoms. The van der Waals surface area contributed by atoms with Gasteiger partial charge in [0.2, 0.25) is 15.9 Å². The van der Waals surface area contributed by atoms with Gasteiger partial charge in [-0.25, -0.2) is 12.7 Å². The van der Waals surface area contributed by atoms with Crippen LogP contribution >= 0.6 is 0 Å². The van der Waals surface area contributed by atoms with Crippen molar-refractivity contribution in [3.63, 3.8) is 0 Å². The number of benzene rings is 2. The van der Waals surface area contributed by atoms with Crippen LogP contribution in [-0.4, -0.2) is 26.0 Å². The quantitative estimate of drug-likeness (QED) is 0.898. The molecule has 0 spiro atoms. The van der Waals surface area contributed by atoms with Crippen LogP contribution in [0.15, 0.2) is 42.5 Å². The lowest BCUT2D eigenvalue weighted by atomic mass is 10.1. The molecule has 1 heterocycles. The number of amides is 2. The minimum atomic E-state index is -3.65. The van der Waals surface area contributed by atoms with Crippen LogP contribution in [0, 0.1) is 19.8 Å². The minimum Gasteiger partial charge on any atom is -0.322 e. The van der Waals surface area contributed by atoms with Gasteiger partial charge in [-0.1, -0.05) is 19.1 Å². The lowest BCUT2D eigenvalue weighted by Gasteiger charge is -2.15. The largest absolute Gasteiger partial charge is 0.322 e. The molecule has 1 N–H and O–H groups in total. The maximum absolute atomic E-state index is 12.4. The monoisotopic (exact) mass is 372 g/mol. The number of anilines is 2. The number of carbonyl (C=O) groups is 2. The molecule has 0 aliphatic carbocycles. The summed E-state index contributed by atoms with van der Waals surface area (Å²) in [7, 11) is -3.65. The van der Waals surface area contributed by atoms with Gasteiger partial charge in [0, 0.05) is 11.3 Å². The van der Waals surface area contributed by atoms with Crippen molar-refractivity contribution in [1.82, 2.24) is 0 Å². The second-order valence-corrected chi connectivity index (χ2v) is 8.46. The molecule has 6 nitrogen and oxygen atoms in total. The lowest BCUT2D eigenvalue weighted by Crippen LogP contribution is -2.30. The van der Waals surface area contributed by atoms with E-state index in [1.807, 2.05) is 32.0 Å². The van der Waals surface area contributed by atoms with E-state index in [4.69, 9.17) is 0 Å². The number of aryl methyl sites for hydroxylation is 2. The van der Waals surface area contributed by atoms with Gasteiger partial charge in [0.25, 0.3) is 5.91 Å². The highest BCUT2D eigenvalue weighted by atomic mass is 32.2. The topological polar surface area (TPSA) is 83.6 Å². The van der Waals surface area contributed by atoms with E-state index in [9.17, 15) is 18.0 Å². The minimum absolute atomic E-state index is 0.194. The van der Waals surface area contributed by atoms with Gasteiger partial charge in [0.05, 0.1) is 17.4 Å². The van der Waals surface area contributed by atoms with Crippen molar-refractivity contribution >= 4 is 33.2 Å². The summed E-state index contributed by atoms with van der Waals surface area (Å²) >= 11 is 0. The zero-order valence-corrected chi connectivity index (χ0v) is 15.6. The summed E-state index contributed by atoms with van der Waals surface area (Å²) in [5, 5.41) is 2.85. The fourth-order valence-corrected chi connectivity index (χ4v) is 4.72. The van der Waals surface area contributed by atoms with Gasteiger partial charge in [0.1, 0.15) is 0 Å². The predicted molar refractivity (Wildman–Crippen MR) is 101 cm³/mol. The number of sulfonamides is 1. The molecule has 7 heteroatoms. The summed E-state index contributed by atoms with van der Waals surface area (Å²) in [4.78, 5) is 24.6. The number of hydrogen-bond acceptors (Lipinski definition) is 4. The molecular weight excluding hydrogens is 352 g/mol. The maximum atomic E-state index is 12.4. The first kappa shape index (κ1) is 18.1. The number of nitrogens with one attached hydrogen (secondary N) is 1. The smallest absolute Gasteiger partial charge is 0.255 e. The van der Waals surface area contributed by atoms with Crippen LogP contribution in [0.5, 0.6) is 0 Å². The van der Waals surface area contributed by atoms with Crippen molar-refractivity contribution in [2.24, 2.45) is 5.92 Å². The van der Waals surface area contributed by atoms with E-state index < -0.39 is 21.8 Å². The summed E-state index contributed by atoms with van der Waals surface area (Å²) in [5.74, 6) is -1.50. The molecule has 1 saturated heterocycles. The fourth-order valence-electron chi connectivity index (χ4n) is 2.90. The summed E-state index contributed by atoms with van der Waals surface area (Å²) in [5.41, 5.74) is 3.34. The third kappa shape index (κ3) is 3.35. The molecule has 2 aromatic carbocycles. The van der Waals surface area contributed by atoms with Gasteiger partial charge in [-0.05, 0) is 55.3 Å². The first-order chi connectivity index (χ1) is 12.2. The first-order valence-electron chi connectivity index (χ1n) is 8.24. The Hall–Kier alpha value is -2.67. The van der Waals surface area contributed by atoms with Crippen molar-refractivity contribution < 1.29 is 18.0 Å². The SMILES string of the molecule is Cc1ccc(C)c(NC(=O)c2ccc(N3C(=O)C(C)CS3(=O)=O)cc2)c1. The molecule has 0 saturated carbocycles. The number of rotatable bonds is 3. The van der Waals surface area contributed by atoms with Crippen LogP contribution in [0.2, 0.25) is 0 Å². The van der Waals surface area contributed by atoms with E-state index in [2.05, 4.69) is 5.32 Å². The molecule has 3 rings (SSSR count). The Bertz CT molecular complexity index is 981. The molecule has 1 unspecified atom stereocenters. The Morgan fingerprint density at radius 3 is 2.35 bits per heavy atom. The fraction of sp³-hybridized carbons (Fsp3) is 0.263. The molecule has 1 fully saturated rings. The van der Waals surface area contributed by atoms with Gasteiger partial charge < -0.3 is 5.32 Å². The molecule has 1 aliphatic heterocycles. The van der Waals surface area contributed by atoms with Gasteiger partial charge in [-0.2, -0.15) is 0 Å². The van der Waals surface area contributed by atoms with Crippen molar-refractivity contribution in [2.75, 3.05) is 15.4 Å². The van der Waals surface area contributed by atoms with Crippen molar-refractivity contribution in [3.05, 3.63) is 59.2 Å². The van der Waals surface area contributed by atoms with Gasteiger partial charge in [0.15, 0.2) is 0 Å². The third-order valence-electron chi connectivity index (χ3n) is 4.37. The Labute approximate surface area is 152 Å². The average Bonchev–Trinajstić information content (AvgIpc) is 2.78. The van der Waals surface area contributed by atoms with Crippen LogP contribution in [-0.2, 0) is 14.8 Å². The maximum Gasteiger partial charge on any atom is 0.255 e. The van der Waals surface area contributed by atoms with Crippen LogP contribution in [0.25, 0.3) is 0 Å². The van der Waals surface area contributed by atoms with Crippen LogP contribution in [0.1, 0.15) is 28.4 Å². The Morgan fingerprint density at radius 2 is 1.77 bits per heavy atom. The summed E-state index contributed by atoms with van der Waals surface area (Å²) in [6.45, 7) is 5.44. The highest BCUT2D eigenvalue weighted by Crippen LogP contribution is 2.28. The Kier molecular flexibility index (Phi) is 4.58. The molecule has 1 atom stereocenters. The second kappa shape index (κ2) is 6.57. The van der Waals surface area contributed by atoms with Gasteiger partial charge >= 0.3 is 0 Å². The number of carbonyl (C=O) groups excluding carboxylic acids is 2. The second-order valence-electron chi connectivity index (χ2n) is 6.60. The molecular formula is C19H20N2O4S.